The lowest BCUT2D eigenvalue weighted by Gasteiger charge is -1.74. The van der Waals surface area contributed by atoms with Crippen LogP contribution in [-0.4, -0.2) is 50.2 Å². The molecule has 0 bridgehead atoms. The predicted octanol–water partition coefficient (Wildman–Crippen LogP) is -0.695. The second kappa shape index (κ2) is 14.9. The number of carboxylic acid groups (broad SMARTS) is 4. The van der Waals surface area contributed by atoms with Crippen molar-refractivity contribution in [1.29, 1.82) is 0 Å². The summed E-state index contributed by atoms with van der Waals surface area (Å²) in [6.07, 6.45) is 2.68. The lowest BCUT2D eigenvalue weighted by molar-refractivity contribution is -0.134. The van der Waals surface area contributed by atoms with Gasteiger partial charge in [0.1, 0.15) is 0 Å². The maximum absolute atomic E-state index is 9.59. The van der Waals surface area contributed by atoms with Crippen LogP contribution in [0.25, 0.3) is 0 Å². The molecule has 0 saturated carbocycles. The largest absolute Gasteiger partial charge is 0.478 e. The Morgan fingerprint density at radius 2 is 0.857 bits per heavy atom. The van der Waals surface area contributed by atoms with Gasteiger partial charge in [-0.05, 0) is 0 Å². The van der Waals surface area contributed by atoms with Gasteiger partial charge in [-0.15, -0.1) is 0 Å². The van der Waals surface area contributed by atoms with Crippen molar-refractivity contribution in [1.82, 2.24) is 0 Å². The van der Waals surface area contributed by atoms with E-state index in [2.05, 4.69) is 5.73 Å². The number of rotatable bonds is 5. The molecule has 0 aliphatic carbocycles. The first-order chi connectivity index (χ1) is 9.52. The molecule has 118 valence electrons. The number of hydrogen-bond acceptors (Lipinski definition) is 5. The fourth-order valence-electron chi connectivity index (χ4n) is 0.285. The van der Waals surface area contributed by atoms with Crippen LogP contribution < -0.4 is 5.73 Å². The molecule has 10 nitrogen and oxygen atoms in total. The van der Waals surface area contributed by atoms with Crippen molar-refractivity contribution in [2.24, 2.45) is 5.73 Å². The quantitative estimate of drug-likeness (QED) is 0.408. The summed E-state index contributed by atoms with van der Waals surface area (Å²) in [7, 11) is 0. The molecule has 1 amide bonds. The second-order valence-electron chi connectivity index (χ2n) is 2.84. The van der Waals surface area contributed by atoms with Crippen LogP contribution in [0.1, 0.15) is 13.3 Å². The van der Waals surface area contributed by atoms with Crippen LogP contribution in [0.4, 0.5) is 0 Å². The van der Waals surface area contributed by atoms with Crippen molar-refractivity contribution in [2.75, 3.05) is 0 Å². The smallest absolute Gasteiger partial charge is 0.328 e. The van der Waals surface area contributed by atoms with Crippen molar-refractivity contribution in [2.45, 2.75) is 13.3 Å². The van der Waals surface area contributed by atoms with Crippen molar-refractivity contribution < 1.29 is 44.4 Å². The minimum absolute atomic E-state index is 0.245. The molecular formula is C11H15NO9. The van der Waals surface area contributed by atoms with Crippen molar-refractivity contribution in [3.8, 4) is 0 Å². The van der Waals surface area contributed by atoms with E-state index in [0.717, 1.165) is 0 Å². The third kappa shape index (κ3) is 47.5. The van der Waals surface area contributed by atoms with Crippen molar-refractivity contribution >= 4 is 29.8 Å². The summed E-state index contributed by atoms with van der Waals surface area (Å²) in [5, 5.41) is 31.2. The third-order valence-electron chi connectivity index (χ3n) is 1.09. The van der Waals surface area contributed by atoms with Gasteiger partial charge in [0.2, 0.25) is 5.91 Å². The standard InChI is InChI=1S/2C4H4O4.C3H7NO/c2*5-3(6)1-2-4(7)8;1-2-3(4)5/h2*1-2H,(H,5,6)(H,7,8);2H2,1H3,(H2,4,5). The molecule has 0 aromatic carbocycles. The normalized spacial score (nSPS) is 9.00. The van der Waals surface area contributed by atoms with Crippen LogP contribution in [0.5, 0.6) is 0 Å². The molecule has 6 N–H and O–H groups in total. The molecule has 0 aliphatic rings. The van der Waals surface area contributed by atoms with E-state index in [1.54, 1.807) is 6.92 Å². The lowest BCUT2D eigenvalue weighted by Crippen LogP contribution is -2.06. The molecule has 0 unspecified atom stereocenters. The average molecular weight is 305 g/mol. The highest BCUT2D eigenvalue weighted by molar-refractivity contribution is 5.90. The van der Waals surface area contributed by atoms with Crippen molar-refractivity contribution in [3.63, 3.8) is 0 Å². The molecule has 0 heterocycles. The van der Waals surface area contributed by atoms with Crippen LogP contribution in [0.3, 0.4) is 0 Å². The number of amides is 1. The van der Waals surface area contributed by atoms with E-state index >= 15 is 0 Å². The van der Waals surface area contributed by atoms with Gasteiger partial charge in [-0.3, -0.25) is 4.79 Å². The fourth-order valence-corrected chi connectivity index (χ4v) is 0.285. The summed E-state index contributed by atoms with van der Waals surface area (Å²) in [6.45, 7) is 1.72. The van der Waals surface area contributed by atoms with Gasteiger partial charge in [-0.1, -0.05) is 6.92 Å². The number of carboxylic acids is 4. The molecule has 10 heteroatoms. The highest BCUT2D eigenvalue weighted by Gasteiger charge is 1.88. The molecular weight excluding hydrogens is 290 g/mol. The number of aliphatic carboxylic acids is 4. The van der Waals surface area contributed by atoms with E-state index in [1.165, 1.54) is 0 Å². The Labute approximate surface area is 118 Å². The minimum Gasteiger partial charge on any atom is -0.478 e. The third-order valence-corrected chi connectivity index (χ3v) is 1.09. The van der Waals surface area contributed by atoms with Gasteiger partial charge >= 0.3 is 23.9 Å². The first-order valence-electron chi connectivity index (χ1n) is 5.09. The van der Waals surface area contributed by atoms with Gasteiger partial charge in [-0.25, -0.2) is 19.2 Å². The van der Waals surface area contributed by atoms with Gasteiger partial charge < -0.3 is 26.2 Å². The maximum atomic E-state index is 9.59. The molecule has 0 rings (SSSR count). The van der Waals surface area contributed by atoms with Gasteiger partial charge in [-0.2, -0.15) is 0 Å². The summed E-state index contributed by atoms with van der Waals surface area (Å²) in [4.78, 5) is 47.8. The summed E-state index contributed by atoms with van der Waals surface area (Å²) < 4.78 is 0. The van der Waals surface area contributed by atoms with Gasteiger partial charge in [0.25, 0.3) is 0 Å². The molecule has 0 aliphatic heterocycles. The first-order valence-corrected chi connectivity index (χ1v) is 5.09. The Morgan fingerprint density at radius 3 is 0.905 bits per heavy atom. The number of nitrogens with two attached hydrogens (primary N) is 1. The predicted molar refractivity (Wildman–Crippen MR) is 68.3 cm³/mol. The fraction of sp³-hybridized carbons (Fsp3) is 0.182. The summed E-state index contributed by atoms with van der Waals surface area (Å²) in [6, 6.07) is 0. The Kier molecular flexibility index (Phi) is 16.3. The highest BCUT2D eigenvalue weighted by atomic mass is 16.4. The Balaban J connectivity index is -0.000000239. The number of carbonyl (C=O) groups excluding carboxylic acids is 1. The Bertz CT molecular complexity index is 371. The molecule has 0 aromatic rings. The van der Waals surface area contributed by atoms with Crippen LogP contribution in [0, 0.1) is 0 Å². The molecule has 0 aromatic heterocycles. The maximum Gasteiger partial charge on any atom is 0.328 e. The van der Waals surface area contributed by atoms with E-state index in [9.17, 15) is 24.0 Å². The van der Waals surface area contributed by atoms with E-state index in [4.69, 9.17) is 20.4 Å². The van der Waals surface area contributed by atoms with Gasteiger partial charge in [0.15, 0.2) is 0 Å². The van der Waals surface area contributed by atoms with Gasteiger partial charge in [0.05, 0.1) is 0 Å². The van der Waals surface area contributed by atoms with Crippen LogP contribution >= 0.6 is 0 Å². The Morgan fingerprint density at radius 1 is 0.714 bits per heavy atom. The van der Waals surface area contributed by atoms with Crippen LogP contribution in [-0.2, 0) is 24.0 Å². The summed E-state index contributed by atoms with van der Waals surface area (Å²) in [5.41, 5.74) is 4.65. The molecule has 0 spiro atoms. The zero-order valence-corrected chi connectivity index (χ0v) is 10.9. The van der Waals surface area contributed by atoms with Crippen LogP contribution in [0.2, 0.25) is 0 Å². The minimum atomic E-state index is -1.26. The van der Waals surface area contributed by atoms with E-state index in [-0.39, 0.29) is 5.91 Å². The zero-order valence-electron chi connectivity index (χ0n) is 10.9. The monoisotopic (exact) mass is 305 g/mol. The molecule has 0 saturated heterocycles. The van der Waals surface area contributed by atoms with E-state index in [0.29, 0.717) is 30.7 Å². The average Bonchev–Trinajstić information content (AvgIpc) is 2.35. The number of carbonyl (C=O) groups is 5. The molecule has 0 fully saturated rings. The van der Waals surface area contributed by atoms with E-state index < -0.39 is 23.9 Å². The molecule has 0 radical (unpaired) electrons. The topological polar surface area (TPSA) is 192 Å². The van der Waals surface area contributed by atoms with Gasteiger partial charge in [0, 0.05) is 30.7 Å². The lowest BCUT2D eigenvalue weighted by atomic mass is 10.5. The molecule has 21 heavy (non-hydrogen) atoms. The SMILES string of the molecule is CCC(N)=O.O=C(O)C=CC(=O)O.O=C(O)C=CC(=O)O. The van der Waals surface area contributed by atoms with Crippen LogP contribution in [0.15, 0.2) is 24.3 Å². The van der Waals surface area contributed by atoms with Crippen molar-refractivity contribution in [3.05, 3.63) is 24.3 Å². The Hall–Kier alpha value is -3.17. The number of hydrogen-bond donors (Lipinski definition) is 5. The summed E-state index contributed by atoms with van der Waals surface area (Å²) in [5.74, 6) is -5.27. The summed E-state index contributed by atoms with van der Waals surface area (Å²) >= 11 is 0. The highest BCUT2D eigenvalue weighted by Crippen LogP contribution is 1.71. The zero-order chi connectivity index (χ0) is 17.4. The first kappa shape index (κ1) is 23.0. The molecule has 0 atom stereocenters. The number of primary amides is 1. The van der Waals surface area contributed by atoms with E-state index in [1.807, 2.05) is 0 Å². The second-order valence-corrected chi connectivity index (χ2v) is 2.84.